The van der Waals surface area contributed by atoms with Crippen molar-refractivity contribution in [3.05, 3.63) is 35.4 Å². The second-order valence-electron chi connectivity index (χ2n) is 3.51. The van der Waals surface area contributed by atoms with Crippen LogP contribution in [0, 0.1) is 0 Å². The molecular weight excluding hydrogens is 271 g/mol. The van der Waals surface area contributed by atoms with E-state index in [9.17, 15) is 18.0 Å². The molecule has 1 aromatic rings. The van der Waals surface area contributed by atoms with Crippen LogP contribution in [-0.4, -0.2) is 13.1 Å². The summed E-state index contributed by atoms with van der Waals surface area (Å²) >= 11 is 0. The van der Waals surface area contributed by atoms with Gasteiger partial charge in [0.15, 0.2) is 0 Å². The minimum Gasteiger partial charge on any atom is -0.469 e. The number of hydrogen-bond acceptors (Lipinski definition) is 3. The van der Waals surface area contributed by atoms with Crippen LogP contribution in [-0.2, 0) is 15.7 Å². The zero-order chi connectivity index (χ0) is 13.1. The first-order valence-electron chi connectivity index (χ1n) is 4.84. The van der Waals surface area contributed by atoms with E-state index in [0.29, 0.717) is 5.56 Å². The van der Waals surface area contributed by atoms with Crippen LogP contribution >= 0.6 is 12.4 Å². The maximum absolute atomic E-state index is 12.3. The summed E-state index contributed by atoms with van der Waals surface area (Å²) in [5.74, 6) is -0.502. The van der Waals surface area contributed by atoms with Gasteiger partial charge in [-0.05, 0) is 17.7 Å². The average Bonchev–Trinajstić information content (AvgIpc) is 2.27. The van der Waals surface area contributed by atoms with Crippen LogP contribution < -0.4 is 5.73 Å². The van der Waals surface area contributed by atoms with E-state index in [0.717, 1.165) is 12.1 Å². The maximum atomic E-state index is 12.3. The van der Waals surface area contributed by atoms with Gasteiger partial charge in [0.1, 0.15) is 0 Å². The topological polar surface area (TPSA) is 52.3 Å². The Labute approximate surface area is 109 Å². The molecule has 0 saturated carbocycles. The summed E-state index contributed by atoms with van der Waals surface area (Å²) in [4.78, 5) is 10.9. The molecule has 2 N–H and O–H groups in total. The Morgan fingerprint density at radius 3 is 2.22 bits per heavy atom. The fourth-order valence-electron chi connectivity index (χ4n) is 1.30. The highest BCUT2D eigenvalue weighted by Crippen LogP contribution is 2.29. The number of esters is 1. The summed E-state index contributed by atoms with van der Waals surface area (Å²) in [7, 11) is 1.22. The van der Waals surface area contributed by atoms with E-state index in [-0.39, 0.29) is 18.8 Å². The van der Waals surface area contributed by atoms with Crippen LogP contribution in [0.1, 0.15) is 23.6 Å². The molecule has 0 heterocycles. The minimum absolute atomic E-state index is 0. The van der Waals surface area contributed by atoms with Crippen molar-refractivity contribution in [3.63, 3.8) is 0 Å². The second kappa shape index (κ2) is 6.61. The van der Waals surface area contributed by atoms with Gasteiger partial charge in [-0.15, -0.1) is 12.4 Å². The lowest BCUT2D eigenvalue weighted by Gasteiger charge is -2.12. The van der Waals surface area contributed by atoms with Gasteiger partial charge in [0.25, 0.3) is 0 Å². The molecule has 0 unspecified atom stereocenters. The van der Waals surface area contributed by atoms with Gasteiger partial charge in [0.2, 0.25) is 0 Å². The van der Waals surface area contributed by atoms with E-state index in [4.69, 9.17) is 5.73 Å². The number of alkyl halides is 3. The van der Waals surface area contributed by atoms with Crippen LogP contribution in [0.25, 0.3) is 0 Å². The van der Waals surface area contributed by atoms with E-state index in [1.165, 1.54) is 19.2 Å². The molecule has 18 heavy (non-hydrogen) atoms. The molecule has 102 valence electrons. The molecule has 0 aromatic heterocycles. The molecule has 0 radical (unpaired) electrons. The second-order valence-corrected chi connectivity index (χ2v) is 3.51. The molecule has 0 aliphatic carbocycles. The quantitative estimate of drug-likeness (QED) is 0.868. The first-order valence-corrected chi connectivity index (χ1v) is 4.84. The third-order valence-electron chi connectivity index (χ3n) is 2.28. The van der Waals surface area contributed by atoms with Crippen molar-refractivity contribution < 1.29 is 22.7 Å². The summed E-state index contributed by atoms with van der Waals surface area (Å²) < 4.78 is 41.3. The molecule has 0 bridgehead atoms. The molecular formula is C11H13ClF3NO2. The molecule has 0 saturated heterocycles. The van der Waals surface area contributed by atoms with E-state index in [1.807, 2.05) is 0 Å². The summed E-state index contributed by atoms with van der Waals surface area (Å²) in [5.41, 5.74) is 5.37. The van der Waals surface area contributed by atoms with Crippen molar-refractivity contribution in [1.82, 2.24) is 0 Å². The summed E-state index contributed by atoms with van der Waals surface area (Å²) in [6, 6.07) is 3.73. The zero-order valence-electron chi connectivity index (χ0n) is 9.53. The monoisotopic (exact) mass is 283 g/mol. The van der Waals surface area contributed by atoms with Crippen LogP contribution in [0.15, 0.2) is 24.3 Å². The molecule has 0 aliphatic heterocycles. The van der Waals surface area contributed by atoms with Crippen LogP contribution in [0.5, 0.6) is 0 Å². The number of rotatable bonds is 3. The van der Waals surface area contributed by atoms with Gasteiger partial charge in [-0.1, -0.05) is 12.1 Å². The number of hydrogen-bond donors (Lipinski definition) is 1. The van der Waals surface area contributed by atoms with E-state index in [2.05, 4.69) is 4.74 Å². The van der Waals surface area contributed by atoms with Crippen molar-refractivity contribution in [2.24, 2.45) is 5.73 Å². The van der Waals surface area contributed by atoms with E-state index < -0.39 is 23.8 Å². The minimum atomic E-state index is -4.37. The molecule has 0 aliphatic rings. The fraction of sp³-hybridized carbons (Fsp3) is 0.364. The number of carbonyl (C=O) groups is 1. The lowest BCUT2D eigenvalue weighted by Crippen LogP contribution is -2.16. The Balaban J connectivity index is 0.00000289. The Kier molecular flexibility index (Phi) is 6.14. The zero-order valence-corrected chi connectivity index (χ0v) is 10.3. The van der Waals surface area contributed by atoms with Gasteiger partial charge < -0.3 is 10.5 Å². The van der Waals surface area contributed by atoms with E-state index in [1.54, 1.807) is 0 Å². The predicted molar refractivity (Wildman–Crippen MR) is 62.3 cm³/mol. The van der Waals surface area contributed by atoms with Crippen LogP contribution in [0.3, 0.4) is 0 Å². The highest BCUT2D eigenvalue weighted by molar-refractivity contribution is 5.85. The highest BCUT2D eigenvalue weighted by Gasteiger charge is 2.30. The van der Waals surface area contributed by atoms with Crippen molar-refractivity contribution in [3.8, 4) is 0 Å². The molecule has 1 atom stereocenters. The van der Waals surface area contributed by atoms with Crippen molar-refractivity contribution in [2.45, 2.75) is 18.6 Å². The number of carbonyl (C=O) groups excluding carboxylic acids is 1. The molecule has 0 spiro atoms. The van der Waals surface area contributed by atoms with Crippen molar-refractivity contribution >= 4 is 18.4 Å². The molecule has 0 fully saturated rings. The SMILES string of the molecule is COC(=O)C[C@H](N)c1ccc(C(F)(F)F)cc1.Cl. The number of ether oxygens (including phenoxy) is 1. The average molecular weight is 284 g/mol. The molecule has 7 heteroatoms. The van der Waals surface area contributed by atoms with E-state index >= 15 is 0 Å². The third-order valence-corrected chi connectivity index (χ3v) is 2.28. The maximum Gasteiger partial charge on any atom is 0.416 e. The van der Waals surface area contributed by atoms with Crippen LogP contribution in [0.4, 0.5) is 13.2 Å². The van der Waals surface area contributed by atoms with Gasteiger partial charge in [0, 0.05) is 6.04 Å². The Bertz CT molecular complexity index is 392. The smallest absolute Gasteiger partial charge is 0.416 e. The lowest BCUT2D eigenvalue weighted by molar-refractivity contribution is -0.141. The largest absolute Gasteiger partial charge is 0.469 e. The summed E-state index contributed by atoms with van der Waals surface area (Å²) in [5, 5.41) is 0. The summed E-state index contributed by atoms with van der Waals surface area (Å²) in [6.45, 7) is 0. The van der Waals surface area contributed by atoms with Gasteiger partial charge >= 0.3 is 12.1 Å². The van der Waals surface area contributed by atoms with Gasteiger partial charge in [0.05, 0.1) is 19.1 Å². The number of methoxy groups -OCH3 is 1. The molecule has 1 aromatic carbocycles. The highest BCUT2D eigenvalue weighted by atomic mass is 35.5. The van der Waals surface area contributed by atoms with Gasteiger partial charge in [-0.25, -0.2) is 0 Å². The Morgan fingerprint density at radius 2 is 1.83 bits per heavy atom. The number of nitrogens with two attached hydrogens (primary N) is 1. The number of benzene rings is 1. The number of halogens is 4. The Morgan fingerprint density at radius 1 is 1.33 bits per heavy atom. The fourth-order valence-corrected chi connectivity index (χ4v) is 1.30. The van der Waals surface area contributed by atoms with Crippen LogP contribution in [0.2, 0.25) is 0 Å². The normalized spacial score (nSPS) is 12.5. The van der Waals surface area contributed by atoms with Gasteiger partial charge in [-0.3, -0.25) is 4.79 Å². The van der Waals surface area contributed by atoms with Crippen molar-refractivity contribution in [1.29, 1.82) is 0 Å². The molecule has 0 amide bonds. The standard InChI is InChI=1S/C11H12F3NO2.ClH/c1-17-10(16)6-9(15)7-2-4-8(5-3-7)11(12,13)14;/h2-5,9H,6,15H2,1H3;1H/t9-;/m0./s1. The first kappa shape index (κ1) is 16.7. The first-order chi connectivity index (χ1) is 7.84. The molecule has 1 rings (SSSR count). The summed E-state index contributed by atoms with van der Waals surface area (Å²) in [6.07, 6.45) is -4.44. The third kappa shape index (κ3) is 4.54. The Hall–Kier alpha value is -1.27. The van der Waals surface area contributed by atoms with Crippen molar-refractivity contribution in [2.75, 3.05) is 7.11 Å². The lowest BCUT2D eigenvalue weighted by atomic mass is 10.0. The molecule has 3 nitrogen and oxygen atoms in total. The predicted octanol–water partition coefficient (Wildman–Crippen LogP) is 2.69. The van der Waals surface area contributed by atoms with Gasteiger partial charge in [-0.2, -0.15) is 13.2 Å².